The molecule has 1 aliphatic rings. The van der Waals surface area contributed by atoms with Crippen molar-refractivity contribution in [3.05, 3.63) is 30.3 Å². The van der Waals surface area contributed by atoms with Crippen LogP contribution in [0, 0.1) is 0 Å². The number of guanidine groups is 1. The van der Waals surface area contributed by atoms with Crippen LogP contribution in [0.3, 0.4) is 0 Å². The van der Waals surface area contributed by atoms with E-state index in [1.54, 1.807) is 0 Å². The molecule has 0 saturated carbocycles. The monoisotopic (exact) mass is 365 g/mol. The third-order valence-electron chi connectivity index (χ3n) is 3.93. The Morgan fingerprint density at radius 2 is 2.04 bits per heavy atom. The zero-order valence-electron chi connectivity index (χ0n) is 15.2. The van der Waals surface area contributed by atoms with E-state index in [0.717, 1.165) is 63.9 Å². The topological polar surface area (TPSA) is 54.9 Å². The molecule has 0 amide bonds. The molecule has 1 atom stereocenters. The lowest BCUT2D eigenvalue weighted by Gasteiger charge is -2.13. The Labute approximate surface area is 156 Å². The Hall–Kier alpha value is -1.24. The van der Waals surface area contributed by atoms with Crippen molar-refractivity contribution in [3.63, 3.8) is 0 Å². The molecule has 1 unspecified atom stereocenters. The Bertz CT molecular complexity index is 479. The summed E-state index contributed by atoms with van der Waals surface area (Å²) in [4.78, 5) is 5.58. The predicted octanol–water partition coefficient (Wildman–Crippen LogP) is 2.92. The van der Waals surface area contributed by atoms with Crippen molar-refractivity contribution in [3.8, 4) is 0 Å². The molecule has 1 heterocycles. The molecule has 0 aromatic heterocycles. The first kappa shape index (κ1) is 20.1. The second-order valence-corrected chi connectivity index (χ2v) is 7.17. The molecule has 1 saturated heterocycles. The summed E-state index contributed by atoms with van der Waals surface area (Å²) in [6.45, 7) is 4.17. The molecular weight excluding hydrogens is 334 g/mol. The highest BCUT2D eigenvalue weighted by molar-refractivity contribution is 7.99. The lowest BCUT2D eigenvalue weighted by atomic mass is 10.2. The van der Waals surface area contributed by atoms with Gasteiger partial charge in [0.1, 0.15) is 0 Å². The lowest BCUT2D eigenvalue weighted by molar-refractivity contribution is 0.0168. The van der Waals surface area contributed by atoms with Gasteiger partial charge in [0.2, 0.25) is 0 Å². The summed E-state index contributed by atoms with van der Waals surface area (Å²) in [5.74, 6) is 1.97. The van der Waals surface area contributed by atoms with Crippen LogP contribution in [-0.4, -0.2) is 57.8 Å². The van der Waals surface area contributed by atoms with Crippen LogP contribution in [0.1, 0.15) is 25.7 Å². The number of ether oxygens (including phenoxy) is 2. The molecule has 2 N–H and O–H groups in total. The van der Waals surface area contributed by atoms with Crippen molar-refractivity contribution in [1.29, 1.82) is 0 Å². The fourth-order valence-corrected chi connectivity index (χ4v) is 3.45. The fourth-order valence-electron chi connectivity index (χ4n) is 2.58. The number of thioether (sulfide) groups is 1. The quantitative estimate of drug-likeness (QED) is 0.273. The van der Waals surface area contributed by atoms with Gasteiger partial charge in [0.05, 0.1) is 12.7 Å². The van der Waals surface area contributed by atoms with E-state index in [9.17, 15) is 0 Å². The first-order valence-corrected chi connectivity index (χ1v) is 10.2. The minimum absolute atomic E-state index is 0.316. The summed E-state index contributed by atoms with van der Waals surface area (Å²) in [6, 6.07) is 10.5. The van der Waals surface area contributed by atoms with Gasteiger partial charge in [-0.05, 0) is 43.6 Å². The highest BCUT2D eigenvalue weighted by Gasteiger charge is 2.14. The second kappa shape index (κ2) is 13.0. The zero-order chi connectivity index (χ0) is 17.6. The maximum atomic E-state index is 5.66. The van der Waals surface area contributed by atoms with E-state index >= 15 is 0 Å². The molecule has 1 aromatic rings. The summed E-state index contributed by atoms with van der Waals surface area (Å²) >= 11 is 1.89. The molecule has 0 spiro atoms. The smallest absolute Gasteiger partial charge is 0.190 e. The van der Waals surface area contributed by atoms with Crippen molar-refractivity contribution in [2.75, 3.05) is 45.7 Å². The van der Waals surface area contributed by atoms with Crippen molar-refractivity contribution >= 4 is 17.7 Å². The number of nitrogens with zero attached hydrogens (tertiary/aromatic N) is 1. The van der Waals surface area contributed by atoms with Crippen LogP contribution < -0.4 is 10.6 Å². The maximum Gasteiger partial charge on any atom is 0.190 e. The minimum atomic E-state index is 0.316. The van der Waals surface area contributed by atoms with E-state index in [0.29, 0.717) is 6.10 Å². The van der Waals surface area contributed by atoms with Crippen LogP contribution in [0.25, 0.3) is 0 Å². The lowest BCUT2D eigenvalue weighted by Crippen LogP contribution is -2.38. The number of benzene rings is 1. The standard InChI is InChI=1S/C19H31N3O2S/c1-20-19(21-11-6-13-23-16-17-8-5-14-24-17)22-12-7-15-25-18-9-3-2-4-10-18/h2-4,9-10,17H,5-8,11-16H2,1H3,(H2,20,21,22). The van der Waals surface area contributed by atoms with Gasteiger partial charge in [-0.15, -0.1) is 11.8 Å². The third kappa shape index (κ3) is 9.14. The third-order valence-corrected chi connectivity index (χ3v) is 5.03. The fraction of sp³-hybridized carbons (Fsp3) is 0.632. The van der Waals surface area contributed by atoms with Crippen LogP contribution in [0.5, 0.6) is 0 Å². The first-order valence-electron chi connectivity index (χ1n) is 9.20. The molecule has 1 fully saturated rings. The molecule has 0 bridgehead atoms. The van der Waals surface area contributed by atoms with Gasteiger partial charge >= 0.3 is 0 Å². The number of hydrogen-bond donors (Lipinski definition) is 2. The van der Waals surface area contributed by atoms with E-state index in [-0.39, 0.29) is 0 Å². The molecule has 25 heavy (non-hydrogen) atoms. The highest BCUT2D eigenvalue weighted by atomic mass is 32.2. The van der Waals surface area contributed by atoms with Gasteiger partial charge < -0.3 is 20.1 Å². The Morgan fingerprint density at radius 1 is 1.24 bits per heavy atom. The summed E-state index contributed by atoms with van der Waals surface area (Å²) in [6.07, 6.45) is 4.69. The number of aliphatic imine (C=N–C) groups is 1. The average Bonchev–Trinajstić information content (AvgIpc) is 3.17. The molecule has 1 aromatic carbocycles. The first-order chi connectivity index (χ1) is 12.4. The van der Waals surface area contributed by atoms with Gasteiger partial charge in [-0.1, -0.05) is 18.2 Å². The molecule has 1 aliphatic heterocycles. The molecule has 6 heteroatoms. The van der Waals surface area contributed by atoms with E-state index in [1.807, 2.05) is 18.8 Å². The molecule has 0 radical (unpaired) electrons. The van der Waals surface area contributed by atoms with Crippen molar-refractivity contribution < 1.29 is 9.47 Å². The molecular formula is C19H31N3O2S. The van der Waals surface area contributed by atoms with Crippen LogP contribution >= 0.6 is 11.8 Å². The Balaban J connectivity index is 1.42. The number of hydrogen-bond acceptors (Lipinski definition) is 4. The largest absolute Gasteiger partial charge is 0.379 e. The van der Waals surface area contributed by atoms with Gasteiger partial charge in [0.25, 0.3) is 0 Å². The van der Waals surface area contributed by atoms with E-state index in [4.69, 9.17) is 9.47 Å². The van der Waals surface area contributed by atoms with Gasteiger partial charge in [0, 0.05) is 38.2 Å². The summed E-state index contributed by atoms with van der Waals surface area (Å²) in [5.41, 5.74) is 0. The summed E-state index contributed by atoms with van der Waals surface area (Å²) in [5, 5.41) is 6.68. The van der Waals surface area contributed by atoms with Crippen LogP contribution in [0.15, 0.2) is 40.2 Å². The van der Waals surface area contributed by atoms with E-state index in [2.05, 4.69) is 46.0 Å². The molecule has 0 aliphatic carbocycles. The van der Waals surface area contributed by atoms with Crippen LogP contribution in [0.4, 0.5) is 0 Å². The van der Waals surface area contributed by atoms with Crippen molar-refractivity contribution in [2.24, 2.45) is 4.99 Å². The van der Waals surface area contributed by atoms with Crippen LogP contribution in [-0.2, 0) is 9.47 Å². The van der Waals surface area contributed by atoms with Gasteiger partial charge in [-0.25, -0.2) is 0 Å². The van der Waals surface area contributed by atoms with E-state index in [1.165, 1.54) is 11.3 Å². The minimum Gasteiger partial charge on any atom is -0.379 e. The van der Waals surface area contributed by atoms with Crippen LogP contribution in [0.2, 0.25) is 0 Å². The predicted molar refractivity (Wildman–Crippen MR) is 106 cm³/mol. The van der Waals surface area contributed by atoms with Gasteiger partial charge in [0.15, 0.2) is 5.96 Å². The Kier molecular flexibility index (Phi) is 10.5. The number of nitrogens with one attached hydrogen (secondary N) is 2. The molecule has 2 rings (SSSR count). The maximum absolute atomic E-state index is 5.66. The average molecular weight is 366 g/mol. The summed E-state index contributed by atoms with van der Waals surface area (Å²) < 4.78 is 11.2. The van der Waals surface area contributed by atoms with Crippen molar-refractivity contribution in [2.45, 2.75) is 36.7 Å². The molecule has 140 valence electrons. The zero-order valence-corrected chi connectivity index (χ0v) is 16.0. The SMILES string of the molecule is CN=C(NCCCOCC1CCCO1)NCCCSc1ccccc1. The second-order valence-electron chi connectivity index (χ2n) is 6.00. The van der Waals surface area contributed by atoms with E-state index < -0.39 is 0 Å². The van der Waals surface area contributed by atoms with Crippen molar-refractivity contribution in [1.82, 2.24) is 10.6 Å². The Morgan fingerprint density at radius 3 is 2.76 bits per heavy atom. The van der Waals surface area contributed by atoms with Gasteiger partial charge in [-0.2, -0.15) is 0 Å². The highest BCUT2D eigenvalue weighted by Crippen LogP contribution is 2.17. The molecule has 5 nitrogen and oxygen atoms in total. The van der Waals surface area contributed by atoms with Gasteiger partial charge in [-0.3, -0.25) is 4.99 Å². The summed E-state index contributed by atoms with van der Waals surface area (Å²) in [7, 11) is 1.81. The normalized spacial score (nSPS) is 17.6. The number of rotatable bonds is 11.